The molecule has 0 amide bonds. The van der Waals surface area contributed by atoms with Gasteiger partial charge in [0.05, 0.1) is 42.7 Å². The van der Waals surface area contributed by atoms with Crippen molar-refractivity contribution in [3.63, 3.8) is 0 Å². The van der Waals surface area contributed by atoms with Gasteiger partial charge in [0, 0.05) is 28.7 Å². The predicted molar refractivity (Wildman–Crippen MR) is 216 cm³/mol. The molecule has 3 aliphatic rings. The highest BCUT2D eigenvalue weighted by molar-refractivity contribution is 8.55. The molecule has 1 saturated carbocycles. The van der Waals surface area contributed by atoms with E-state index in [0.29, 0.717) is 22.8 Å². The number of carbonyl (C=O) groups is 2. The Hall–Kier alpha value is -3.74. The third kappa shape index (κ3) is 9.47. The number of anilines is 2. The van der Waals surface area contributed by atoms with Crippen LogP contribution in [0.5, 0.6) is 0 Å². The number of fused-ring (bicyclic) bond motifs is 4. The van der Waals surface area contributed by atoms with Gasteiger partial charge in [0.2, 0.25) is 5.95 Å². The molecule has 0 radical (unpaired) electrons. The normalized spacial score (nSPS) is 31.3. The predicted octanol–water partition coefficient (Wildman–Crippen LogP) is 4.85. The van der Waals surface area contributed by atoms with Crippen LogP contribution in [-0.2, 0) is 51.0 Å². The molecule has 6 heterocycles. The number of nitrogens with two attached hydrogens (primary N) is 2. The van der Waals surface area contributed by atoms with E-state index < -0.39 is 116 Å². The van der Waals surface area contributed by atoms with Crippen LogP contribution in [0, 0.1) is 16.7 Å². The van der Waals surface area contributed by atoms with Crippen molar-refractivity contribution in [2.45, 2.75) is 90.9 Å². The summed E-state index contributed by atoms with van der Waals surface area (Å²) in [4.78, 5) is 60.7. The third-order valence-electron chi connectivity index (χ3n) is 9.80. The van der Waals surface area contributed by atoms with E-state index in [1.54, 1.807) is 41.5 Å². The summed E-state index contributed by atoms with van der Waals surface area (Å²) in [6, 6.07) is -1.10. The molecule has 2 saturated heterocycles. The van der Waals surface area contributed by atoms with E-state index >= 15 is 8.78 Å². The number of nitrogens with one attached hydrogen (secondary N) is 1. The van der Waals surface area contributed by atoms with Gasteiger partial charge >= 0.3 is 25.5 Å². The summed E-state index contributed by atoms with van der Waals surface area (Å²) in [6.45, 7) is -1.02. The maximum atomic E-state index is 17.0. The molecule has 1 aliphatic carbocycles. The maximum absolute atomic E-state index is 17.0. The van der Waals surface area contributed by atoms with Crippen LogP contribution < -0.4 is 17.0 Å². The number of esters is 2. The number of rotatable bonds is 8. The van der Waals surface area contributed by atoms with Gasteiger partial charge in [-0.25, -0.2) is 37.8 Å². The van der Waals surface area contributed by atoms with Crippen LogP contribution in [0.15, 0.2) is 23.8 Å². The first-order valence-corrected chi connectivity index (χ1v) is 24.9. The van der Waals surface area contributed by atoms with E-state index in [1.807, 2.05) is 0 Å². The van der Waals surface area contributed by atoms with Crippen LogP contribution in [0.1, 0.15) is 60.2 Å². The lowest BCUT2D eigenvalue weighted by Gasteiger charge is -2.31. The first-order chi connectivity index (χ1) is 28.6. The van der Waals surface area contributed by atoms with Crippen LogP contribution in [0.25, 0.3) is 22.3 Å². The SMILES string of the molecule is CC(C)(C)C(=O)OCSP1(=O)OC[C@H]2C[C@@H](n3cnc4c(N)ncnc43)C(F)[C@H]2OP(=O)(SCOC(=O)C(C)(C)C)OC[C@H]2O[C@@H](n3cnc4c(=O)[nH]c(N)nc43)[C@@H](F)[C@H]2O1. The molecule has 334 valence electrons. The van der Waals surface area contributed by atoms with Gasteiger partial charge in [0.1, 0.15) is 48.2 Å². The Morgan fingerprint density at radius 3 is 2.08 bits per heavy atom. The van der Waals surface area contributed by atoms with Gasteiger partial charge in [-0.2, -0.15) is 4.98 Å². The number of alkyl halides is 2. The Labute approximate surface area is 353 Å². The van der Waals surface area contributed by atoms with Crippen LogP contribution in [-0.4, -0.2) is 107 Å². The molecule has 0 aromatic carbocycles. The Balaban J connectivity index is 1.25. The number of ether oxygens (including phenoxy) is 3. The fourth-order valence-corrected chi connectivity index (χ4v) is 12.3. The zero-order valence-electron chi connectivity index (χ0n) is 33.5. The summed E-state index contributed by atoms with van der Waals surface area (Å²) in [6.07, 6.45) is -7.46. The molecule has 22 nitrogen and oxygen atoms in total. The Morgan fingerprint density at radius 2 is 1.44 bits per heavy atom. The molecule has 4 aromatic rings. The minimum atomic E-state index is -4.64. The lowest BCUT2D eigenvalue weighted by atomic mass is 9.98. The maximum Gasteiger partial charge on any atom is 0.392 e. The molecule has 10 atom stereocenters. The molecule has 4 aromatic heterocycles. The van der Waals surface area contributed by atoms with E-state index in [2.05, 4.69) is 29.9 Å². The molecule has 5 N–H and O–H groups in total. The van der Waals surface area contributed by atoms with Crippen molar-refractivity contribution in [3.05, 3.63) is 29.3 Å². The minimum Gasteiger partial charge on any atom is -0.454 e. The number of hydrogen-bond donors (Lipinski definition) is 3. The third-order valence-corrected chi connectivity index (χ3v) is 16.5. The topological polar surface area (TPSA) is 292 Å². The monoisotopic (exact) mass is 936 g/mol. The van der Waals surface area contributed by atoms with Crippen molar-refractivity contribution >= 4 is 82.4 Å². The van der Waals surface area contributed by atoms with Crippen molar-refractivity contribution in [2.75, 3.05) is 36.6 Å². The first kappa shape index (κ1) is 45.3. The Bertz CT molecular complexity index is 2470. The number of H-pyrrole nitrogens is 1. The summed E-state index contributed by atoms with van der Waals surface area (Å²) in [5, 5.41) is 0. The number of carbonyl (C=O) groups excluding carboxylic acids is 2. The van der Waals surface area contributed by atoms with E-state index in [1.165, 1.54) is 17.2 Å². The zero-order valence-corrected chi connectivity index (χ0v) is 37.0. The molecular formula is C33H44F2N10O12P2S2. The largest absolute Gasteiger partial charge is 0.454 e. The number of hydrogen-bond acceptors (Lipinski definition) is 21. The molecule has 0 spiro atoms. The number of aromatic amines is 1. The molecular weight excluding hydrogens is 892 g/mol. The van der Waals surface area contributed by atoms with Gasteiger partial charge in [-0.3, -0.25) is 37.5 Å². The van der Waals surface area contributed by atoms with Gasteiger partial charge in [0.25, 0.3) is 5.56 Å². The quantitative estimate of drug-likeness (QED) is 0.121. The standard InChI is InChI=1S/C33H44F2N10O12P2S2/c1-32(2,3)29(47)51-13-60-58(49)53-8-15-7-16(44-11-40-20-24(36)38-10-39-25(20)44)18(34)22(15)56-59(50,61-14-52-30(48)33(4,5)6)54-9-17-23(57-58)19(35)28(55-17)45-12-41-21-26(45)42-31(37)43-27(21)46/h10-12,15-19,22-23,28H,7-9,13-14H2,1-6H3,(H2,36,38,39)(H3,37,42,43,46)/t15-,16-,17-,18?,19+,22+,23+,28-,58?,59?/m1/s1. The summed E-state index contributed by atoms with van der Waals surface area (Å²) in [7, 11) is 0. The number of imidazole rings is 2. The molecule has 7 rings (SSSR count). The Kier molecular flexibility index (Phi) is 12.7. The molecule has 2 aliphatic heterocycles. The van der Waals surface area contributed by atoms with Crippen molar-refractivity contribution in [1.29, 1.82) is 0 Å². The van der Waals surface area contributed by atoms with Crippen LogP contribution >= 0.6 is 36.4 Å². The van der Waals surface area contributed by atoms with Crippen molar-refractivity contribution < 1.29 is 59.8 Å². The lowest BCUT2D eigenvalue weighted by molar-refractivity contribution is -0.151. The van der Waals surface area contributed by atoms with Crippen molar-refractivity contribution in [1.82, 2.24) is 39.0 Å². The summed E-state index contributed by atoms with van der Waals surface area (Å²) < 4.78 is 107. The lowest BCUT2D eigenvalue weighted by Crippen LogP contribution is -2.35. The average molecular weight is 937 g/mol. The fraction of sp³-hybridized carbons (Fsp3) is 0.636. The van der Waals surface area contributed by atoms with Gasteiger partial charge in [-0.1, -0.05) is 0 Å². The average Bonchev–Trinajstić information content (AvgIpc) is 3.94. The molecule has 61 heavy (non-hydrogen) atoms. The molecule has 28 heteroatoms. The fourth-order valence-electron chi connectivity index (χ4n) is 6.62. The second-order valence-corrected chi connectivity index (χ2v) is 24.3. The van der Waals surface area contributed by atoms with E-state index in [9.17, 15) is 23.5 Å². The number of nitrogen functional groups attached to an aromatic ring is 2. The van der Waals surface area contributed by atoms with Gasteiger partial charge in [-0.05, 0) is 48.0 Å². The summed E-state index contributed by atoms with van der Waals surface area (Å²) in [5.74, 6) is -3.76. The second kappa shape index (κ2) is 17.1. The van der Waals surface area contributed by atoms with E-state index in [4.69, 9.17) is 43.8 Å². The number of nitrogens with zero attached hydrogens (tertiary/aromatic N) is 7. The Morgan fingerprint density at radius 1 is 0.852 bits per heavy atom. The smallest absolute Gasteiger partial charge is 0.392 e. The van der Waals surface area contributed by atoms with Crippen molar-refractivity contribution in [2.24, 2.45) is 16.7 Å². The van der Waals surface area contributed by atoms with Gasteiger partial charge < -0.3 is 34.8 Å². The summed E-state index contributed by atoms with van der Waals surface area (Å²) in [5.41, 5.74) is 9.15. The first-order valence-electron chi connectivity index (χ1n) is 18.7. The highest BCUT2D eigenvalue weighted by Gasteiger charge is 2.55. The summed E-state index contributed by atoms with van der Waals surface area (Å²) >= 11 is 0.859. The van der Waals surface area contributed by atoms with E-state index in [0.717, 1.165) is 10.9 Å². The zero-order chi connectivity index (χ0) is 44.2. The number of aromatic nitrogens is 8. The molecule has 3 fully saturated rings. The highest BCUT2D eigenvalue weighted by atomic mass is 32.7. The molecule has 0 bridgehead atoms. The van der Waals surface area contributed by atoms with Crippen LogP contribution in [0.2, 0.25) is 0 Å². The van der Waals surface area contributed by atoms with Gasteiger partial charge in [0.15, 0.2) is 35.0 Å². The van der Waals surface area contributed by atoms with Crippen LogP contribution in [0.3, 0.4) is 0 Å². The molecule has 3 unspecified atom stereocenters. The van der Waals surface area contributed by atoms with Gasteiger partial charge in [-0.15, -0.1) is 0 Å². The van der Waals surface area contributed by atoms with E-state index in [-0.39, 0.29) is 40.5 Å². The minimum absolute atomic E-state index is 0.0426. The second-order valence-electron chi connectivity index (χ2n) is 16.4. The number of halogens is 2. The van der Waals surface area contributed by atoms with Crippen LogP contribution in [0.4, 0.5) is 20.5 Å². The highest BCUT2D eigenvalue weighted by Crippen LogP contribution is 2.67. The van der Waals surface area contributed by atoms with Crippen molar-refractivity contribution in [3.8, 4) is 0 Å².